The number of aromatic nitrogens is 2. The highest BCUT2D eigenvalue weighted by Gasteiger charge is 2.03. The van der Waals surface area contributed by atoms with Crippen molar-refractivity contribution < 1.29 is 0 Å². The van der Waals surface area contributed by atoms with Gasteiger partial charge in [0.1, 0.15) is 11.6 Å². The smallest absolute Gasteiger partial charge is 0.148 e. The zero-order valence-corrected chi connectivity index (χ0v) is 7.94. The molecule has 0 spiro atoms. The molecule has 0 unspecified atom stereocenters. The van der Waals surface area contributed by atoms with Crippen molar-refractivity contribution in [2.75, 3.05) is 11.5 Å². The van der Waals surface area contributed by atoms with Crippen molar-refractivity contribution in [1.82, 2.24) is 9.78 Å². The molecule has 4 nitrogen and oxygen atoms in total. The van der Waals surface area contributed by atoms with Gasteiger partial charge in [-0.05, 0) is 24.6 Å². The Morgan fingerprint density at radius 2 is 2.00 bits per heavy atom. The third kappa shape index (κ3) is 1.42. The van der Waals surface area contributed by atoms with E-state index in [0.717, 1.165) is 11.3 Å². The van der Waals surface area contributed by atoms with E-state index in [9.17, 15) is 0 Å². The fourth-order valence-electron chi connectivity index (χ4n) is 1.38. The van der Waals surface area contributed by atoms with Crippen LogP contribution in [0.4, 0.5) is 11.6 Å². The molecule has 0 fully saturated rings. The minimum Gasteiger partial charge on any atom is -0.384 e. The van der Waals surface area contributed by atoms with Crippen molar-refractivity contribution >= 4 is 11.6 Å². The maximum Gasteiger partial charge on any atom is 0.148 e. The van der Waals surface area contributed by atoms with Crippen molar-refractivity contribution in [1.29, 1.82) is 0 Å². The predicted octanol–water partition coefficient (Wildman–Crippen LogP) is 1.35. The second-order valence-electron chi connectivity index (χ2n) is 3.24. The van der Waals surface area contributed by atoms with E-state index in [1.807, 2.05) is 31.2 Å². The van der Waals surface area contributed by atoms with Crippen molar-refractivity contribution in [3.05, 3.63) is 35.9 Å². The monoisotopic (exact) mass is 188 g/mol. The number of anilines is 2. The van der Waals surface area contributed by atoms with E-state index in [4.69, 9.17) is 11.5 Å². The van der Waals surface area contributed by atoms with Crippen LogP contribution in [0.2, 0.25) is 0 Å². The average molecular weight is 188 g/mol. The van der Waals surface area contributed by atoms with Gasteiger partial charge in [0.05, 0.1) is 5.69 Å². The van der Waals surface area contributed by atoms with Gasteiger partial charge in [0.15, 0.2) is 0 Å². The number of nitrogen functional groups attached to an aromatic ring is 2. The van der Waals surface area contributed by atoms with Gasteiger partial charge in [-0.3, -0.25) is 0 Å². The first kappa shape index (κ1) is 8.62. The number of hydrogen-bond acceptors (Lipinski definition) is 3. The molecule has 0 radical (unpaired) electrons. The van der Waals surface area contributed by atoms with Gasteiger partial charge in [-0.25, -0.2) is 4.68 Å². The molecule has 14 heavy (non-hydrogen) atoms. The third-order valence-corrected chi connectivity index (χ3v) is 2.00. The molecule has 0 aliphatic heterocycles. The molecule has 0 atom stereocenters. The zero-order valence-electron chi connectivity index (χ0n) is 7.94. The normalized spacial score (nSPS) is 10.4. The summed E-state index contributed by atoms with van der Waals surface area (Å²) in [5, 5.41) is 4.09. The first-order chi connectivity index (χ1) is 6.66. The van der Waals surface area contributed by atoms with Gasteiger partial charge >= 0.3 is 0 Å². The van der Waals surface area contributed by atoms with Gasteiger partial charge in [0, 0.05) is 6.07 Å². The van der Waals surface area contributed by atoms with Gasteiger partial charge in [0.2, 0.25) is 0 Å². The van der Waals surface area contributed by atoms with E-state index in [2.05, 4.69) is 5.10 Å². The van der Waals surface area contributed by atoms with Crippen LogP contribution in [0, 0.1) is 6.92 Å². The topological polar surface area (TPSA) is 69.9 Å². The van der Waals surface area contributed by atoms with E-state index in [1.54, 1.807) is 10.7 Å². The molecule has 0 saturated heterocycles. The maximum atomic E-state index is 5.74. The largest absolute Gasteiger partial charge is 0.384 e. The van der Waals surface area contributed by atoms with Crippen molar-refractivity contribution in [3.8, 4) is 5.69 Å². The number of nitrogens with two attached hydrogens (primary N) is 2. The quantitative estimate of drug-likeness (QED) is 0.709. The maximum absolute atomic E-state index is 5.74. The lowest BCUT2D eigenvalue weighted by Crippen LogP contribution is -2.01. The van der Waals surface area contributed by atoms with Crippen molar-refractivity contribution in [2.24, 2.45) is 0 Å². The lowest BCUT2D eigenvalue weighted by atomic mass is 10.2. The van der Waals surface area contributed by atoms with E-state index in [0.29, 0.717) is 11.6 Å². The zero-order chi connectivity index (χ0) is 10.1. The number of aryl methyl sites for hydroxylation is 1. The summed E-state index contributed by atoms with van der Waals surface area (Å²) in [6.07, 6.45) is 0. The van der Waals surface area contributed by atoms with Gasteiger partial charge in [-0.15, -0.1) is 5.10 Å². The van der Waals surface area contributed by atoms with Crippen LogP contribution >= 0.6 is 0 Å². The Morgan fingerprint density at radius 3 is 2.57 bits per heavy atom. The lowest BCUT2D eigenvalue weighted by molar-refractivity contribution is 0.895. The number of hydrogen-bond donors (Lipinski definition) is 2. The van der Waals surface area contributed by atoms with Crippen LogP contribution in [0.5, 0.6) is 0 Å². The highest BCUT2D eigenvalue weighted by atomic mass is 15.3. The Morgan fingerprint density at radius 1 is 1.21 bits per heavy atom. The Hall–Kier alpha value is -1.97. The molecule has 1 heterocycles. The molecule has 1 aromatic heterocycles. The number of benzene rings is 1. The molecular formula is C10H12N4. The van der Waals surface area contributed by atoms with Gasteiger partial charge in [0.25, 0.3) is 0 Å². The number of nitrogens with zero attached hydrogens (tertiary/aromatic N) is 2. The molecule has 4 N–H and O–H groups in total. The molecule has 2 rings (SSSR count). The summed E-state index contributed by atoms with van der Waals surface area (Å²) in [5.74, 6) is 0.983. The molecule has 4 heteroatoms. The van der Waals surface area contributed by atoms with Crippen LogP contribution in [0.25, 0.3) is 5.69 Å². The second kappa shape index (κ2) is 3.06. The van der Waals surface area contributed by atoms with Gasteiger partial charge < -0.3 is 11.5 Å². The first-order valence-electron chi connectivity index (χ1n) is 4.35. The lowest BCUT2D eigenvalue weighted by Gasteiger charge is -2.03. The highest BCUT2D eigenvalue weighted by molar-refractivity contribution is 5.49. The fourth-order valence-corrected chi connectivity index (χ4v) is 1.38. The molecule has 1 aromatic carbocycles. The Kier molecular flexibility index (Phi) is 1.89. The number of rotatable bonds is 1. The van der Waals surface area contributed by atoms with Crippen LogP contribution in [0.1, 0.15) is 5.56 Å². The molecule has 0 aliphatic carbocycles. The van der Waals surface area contributed by atoms with Gasteiger partial charge in [-0.2, -0.15) is 0 Å². The third-order valence-electron chi connectivity index (χ3n) is 2.00. The Balaban J connectivity index is 2.54. The molecule has 72 valence electrons. The molecule has 0 amide bonds. The summed E-state index contributed by atoms with van der Waals surface area (Å²) in [5.41, 5.74) is 13.4. The summed E-state index contributed by atoms with van der Waals surface area (Å²) >= 11 is 0. The predicted molar refractivity (Wildman–Crippen MR) is 57.1 cm³/mol. The van der Waals surface area contributed by atoms with Crippen LogP contribution < -0.4 is 11.5 Å². The Labute approximate surface area is 82.1 Å². The van der Waals surface area contributed by atoms with Crippen LogP contribution in [0.3, 0.4) is 0 Å². The average Bonchev–Trinajstić information content (AvgIpc) is 2.45. The highest BCUT2D eigenvalue weighted by Crippen LogP contribution is 2.16. The van der Waals surface area contributed by atoms with Crippen molar-refractivity contribution in [3.63, 3.8) is 0 Å². The van der Waals surface area contributed by atoms with Gasteiger partial charge in [-0.1, -0.05) is 12.1 Å². The van der Waals surface area contributed by atoms with E-state index >= 15 is 0 Å². The fraction of sp³-hybridized carbons (Fsp3) is 0.100. The molecule has 0 saturated carbocycles. The summed E-state index contributed by atoms with van der Waals surface area (Å²) < 4.78 is 1.63. The molecular weight excluding hydrogens is 176 g/mol. The molecule has 0 aliphatic rings. The Bertz CT molecular complexity index is 459. The summed E-state index contributed by atoms with van der Waals surface area (Å²) in [6.45, 7) is 2.02. The molecule has 2 aromatic rings. The minimum absolute atomic E-state index is 0.434. The SMILES string of the molecule is Cc1cccc(-n2nc(N)cc2N)c1. The minimum atomic E-state index is 0.434. The van der Waals surface area contributed by atoms with E-state index in [1.165, 1.54) is 0 Å². The first-order valence-corrected chi connectivity index (χ1v) is 4.35. The summed E-state index contributed by atoms with van der Waals surface area (Å²) in [4.78, 5) is 0. The van der Waals surface area contributed by atoms with Crippen LogP contribution in [-0.4, -0.2) is 9.78 Å². The second-order valence-corrected chi connectivity index (χ2v) is 3.24. The van der Waals surface area contributed by atoms with E-state index < -0.39 is 0 Å². The van der Waals surface area contributed by atoms with E-state index in [-0.39, 0.29) is 0 Å². The summed E-state index contributed by atoms with van der Waals surface area (Å²) in [7, 11) is 0. The standard InChI is InChI=1S/C10H12N4/c1-7-3-2-4-8(5-7)14-10(12)6-9(11)13-14/h2-6H,12H2,1H3,(H2,11,13). The molecule has 0 bridgehead atoms. The van der Waals surface area contributed by atoms with Crippen LogP contribution in [0.15, 0.2) is 30.3 Å². The summed E-state index contributed by atoms with van der Waals surface area (Å²) in [6, 6.07) is 9.56. The van der Waals surface area contributed by atoms with Crippen LogP contribution in [-0.2, 0) is 0 Å². The van der Waals surface area contributed by atoms with Crippen molar-refractivity contribution in [2.45, 2.75) is 6.92 Å².